The maximum absolute atomic E-state index is 14.4. The summed E-state index contributed by atoms with van der Waals surface area (Å²) in [4.78, 5) is 56.0. The number of amides is 2. The molecule has 306 valence electrons. The quantitative estimate of drug-likeness (QED) is 0.204. The van der Waals surface area contributed by atoms with Crippen molar-refractivity contribution >= 4 is 29.8 Å². The highest BCUT2D eigenvalue weighted by molar-refractivity contribution is 5.98. The summed E-state index contributed by atoms with van der Waals surface area (Å²) >= 11 is 0. The highest BCUT2D eigenvalue weighted by Gasteiger charge is 2.55. The van der Waals surface area contributed by atoms with E-state index < -0.39 is 59.6 Å². The number of carbonyl (C=O) groups excluding carboxylic acids is 4. The maximum Gasteiger partial charge on any atom is 0.339 e. The number of esters is 2. The Morgan fingerprint density at radius 3 is 2.41 bits per heavy atom. The zero-order chi connectivity index (χ0) is 41.0. The van der Waals surface area contributed by atoms with E-state index in [1.165, 1.54) is 4.90 Å². The number of hydrogen-bond donors (Lipinski definition) is 3. The molecule has 0 saturated carbocycles. The van der Waals surface area contributed by atoms with Crippen LogP contribution in [0.1, 0.15) is 85.5 Å². The van der Waals surface area contributed by atoms with E-state index in [-0.39, 0.29) is 37.5 Å². The van der Waals surface area contributed by atoms with Gasteiger partial charge in [0.15, 0.2) is 5.79 Å². The Balaban J connectivity index is 1.08. The van der Waals surface area contributed by atoms with Crippen LogP contribution >= 0.6 is 0 Å². The fourth-order valence-corrected chi connectivity index (χ4v) is 8.34. The van der Waals surface area contributed by atoms with Gasteiger partial charge in [-0.2, -0.15) is 0 Å². The predicted molar refractivity (Wildman–Crippen MR) is 214 cm³/mol. The lowest BCUT2D eigenvalue weighted by Crippen LogP contribution is -2.51. The number of carbonyl (C=O) groups is 4. The highest BCUT2D eigenvalue weighted by Crippen LogP contribution is 2.45. The van der Waals surface area contributed by atoms with Crippen molar-refractivity contribution in [3.63, 3.8) is 0 Å². The van der Waals surface area contributed by atoms with E-state index in [4.69, 9.17) is 18.9 Å². The van der Waals surface area contributed by atoms with Crippen LogP contribution in [0.25, 0.3) is 6.08 Å². The van der Waals surface area contributed by atoms with Gasteiger partial charge in [0.1, 0.15) is 35.7 Å². The number of aliphatic hydroxyl groups is 1. The Labute approximate surface area is 338 Å². The molecule has 5 atom stereocenters. The minimum Gasteiger partial charge on any atom is -0.508 e. The van der Waals surface area contributed by atoms with Crippen LogP contribution in [0.4, 0.5) is 0 Å². The molecule has 7 rings (SSSR count). The molecule has 2 amide bonds. The molecule has 0 radical (unpaired) electrons. The zero-order valence-electron chi connectivity index (χ0n) is 33.2. The molecule has 3 aromatic carbocycles. The Bertz CT molecular complexity index is 2060. The number of aromatic hydroxyl groups is 1. The number of phenolic OH excluding ortho intramolecular Hbond substituents is 1. The second-order valence-corrected chi connectivity index (χ2v) is 16.5. The molecule has 0 bridgehead atoms. The van der Waals surface area contributed by atoms with Gasteiger partial charge in [-0.1, -0.05) is 72.8 Å². The molecule has 0 aromatic heterocycles. The van der Waals surface area contributed by atoms with Crippen molar-refractivity contribution < 1.29 is 48.3 Å². The molecule has 12 heteroatoms. The second-order valence-electron chi connectivity index (χ2n) is 16.5. The number of fused-ring (bicyclic) bond motifs is 2. The summed E-state index contributed by atoms with van der Waals surface area (Å²) in [6.07, 6.45) is 5.91. The third-order valence-electron chi connectivity index (χ3n) is 11.1. The third-order valence-corrected chi connectivity index (χ3v) is 11.1. The summed E-state index contributed by atoms with van der Waals surface area (Å²) in [6.45, 7) is 5.27. The number of nitrogens with zero attached hydrogens (tertiary/aromatic N) is 1. The van der Waals surface area contributed by atoms with Crippen molar-refractivity contribution in [3.8, 4) is 5.75 Å². The molecule has 3 aromatic rings. The monoisotopic (exact) mass is 792 g/mol. The van der Waals surface area contributed by atoms with Gasteiger partial charge < -0.3 is 39.4 Å². The van der Waals surface area contributed by atoms with Crippen LogP contribution in [-0.4, -0.2) is 93.8 Å². The van der Waals surface area contributed by atoms with Gasteiger partial charge >= 0.3 is 11.9 Å². The van der Waals surface area contributed by atoms with E-state index >= 15 is 0 Å². The van der Waals surface area contributed by atoms with E-state index in [0.717, 1.165) is 16.7 Å². The standard InChI is InChI=1S/C46H52N2O10/c1-45(2,3)57-40(51)22-21-34(28-49)47-42(52)36-19-11-23-48(36)43(53)33-24-38(41-39(25-33)56-46(58-41)26-31-14-4-5-15-32(31)27-46)55-44(54)35-18-8-6-12-29(35)16-10-17-30-13-7-9-20-37(30)50/h4-10,12-16,18,20,25,34,36,38-39,41,49-50H,11,17,19,21-24,26-28H2,1-3H3,(H,47,52). The lowest BCUT2D eigenvalue weighted by atomic mass is 9.91. The predicted octanol–water partition coefficient (Wildman–Crippen LogP) is 5.37. The van der Waals surface area contributed by atoms with Gasteiger partial charge in [0.25, 0.3) is 0 Å². The van der Waals surface area contributed by atoms with E-state index in [2.05, 4.69) is 5.32 Å². The van der Waals surface area contributed by atoms with Crippen LogP contribution in [0.3, 0.4) is 0 Å². The zero-order valence-corrected chi connectivity index (χ0v) is 33.2. The first-order valence-electron chi connectivity index (χ1n) is 20.1. The molecular weight excluding hydrogens is 741 g/mol. The summed E-state index contributed by atoms with van der Waals surface area (Å²) < 4.78 is 25.0. The number of para-hydroxylation sites is 1. The largest absolute Gasteiger partial charge is 0.508 e. The van der Waals surface area contributed by atoms with E-state index in [1.54, 1.807) is 51.1 Å². The SMILES string of the molecule is CC(C)(C)OC(=O)CCC(CO)NC(=O)C1CCCN1C(=O)C1=CC2OC3(Cc4ccccc4C3)OC2C(OC(=O)c2ccccc2C=CCc2ccccc2O)C1. The molecular formula is C46H52N2O10. The summed E-state index contributed by atoms with van der Waals surface area (Å²) in [5.74, 6) is -2.59. The lowest BCUT2D eigenvalue weighted by Gasteiger charge is -2.33. The normalized spacial score (nSPS) is 22.6. The number of allylic oxidation sites excluding steroid dienone is 1. The summed E-state index contributed by atoms with van der Waals surface area (Å²) in [5.41, 5.74) is 3.64. The van der Waals surface area contributed by atoms with Crippen molar-refractivity contribution in [2.75, 3.05) is 13.2 Å². The molecule has 2 heterocycles. The van der Waals surface area contributed by atoms with Gasteiger partial charge in [0.05, 0.1) is 18.2 Å². The Kier molecular flexibility index (Phi) is 12.2. The average Bonchev–Trinajstić information content (AvgIpc) is 3.92. The van der Waals surface area contributed by atoms with Crippen molar-refractivity contribution in [2.45, 2.75) is 114 Å². The number of benzene rings is 3. The number of rotatable bonds is 12. The minimum absolute atomic E-state index is 0.0132. The topological polar surface area (TPSA) is 161 Å². The lowest BCUT2D eigenvalue weighted by molar-refractivity contribution is -0.172. The van der Waals surface area contributed by atoms with Crippen LogP contribution in [0.15, 0.2) is 90.5 Å². The Morgan fingerprint density at radius 1 is 0.983 bits per heavy atom. The molecule has 58 heavy (non-hydrogen) atoms. The van der Waals surface area contributed by atoms with E-state index in [0.29, 0.717) is 55.3 Å². The first-order chi connectivity index (χ1) is 27.8. The van der Waals surface area contributed by atoms with Crippen molar-refractivity contribution in [3.05, 3.63) is 118 Å². The number of likely N-dealkylation sites (tertiary alicyclic amines) is 1. The fourth-order valence-electron chi connectivity index (χ4n) is 8.34. The van der Waals surface area contributed by atoms with Crippen molar-refractivity contribution in [1.82, 2.24) is 10.2 Å². The molecule has 2 saturated heterocycles. The summed E-state index contributed by atoms with van der Waals surface area (Å²) in [5, 5.41) is 23.1. The molecule has 12 nitrogen and oxygen atoms in total. The number of nitrogens with one attached hydrogen (secondary N) is 1. The third kappa shape index (κ3) is 9.36. The highest BCUT2D eigenvalue weighted by atomic mass is 16.8. The van der Waals surface area contributed by atoms with Crippen LogP contribution in [-0.2, 0) is 52.6 Å². The Hall–Kier alpha value is -5.30. The van der Waals surface area contributed by atoms with Crippen LogP contribution in [0, 0.1) is 0 Å². The number of phenols is 1. The maximum atomic E-state index is 14.4. The van der Waals surface area contributed by atoms with Crippen molar-refractivity contribution in [1.29, 1.82) is 0 Å². The van der Waals surface area contributed by atoms with Crippen molar-refractivity contribution in [2.24, 2.45) is 0 Å². The van der Waals surface area contributed by atoms with Gasteiger partial charge in [0, 0.05) is 37.8 Å². The molecule has 3 N–H and O–H groups in total. The smallest absolute Gasteiger partial charge is 0.339 e. The number of aliphatic hydroxyl groups excluding tert-OH is 1. The number of hydrogen-bond acceptors (Lipinski definition) is 10. The Morgan fingerprint density at radius 2 is 1.69 bits per heavy atom. The fraction of sp³-hybridized carbons (Fsp3) is 0.435. The molecule has 2 aliphatic carbocycles. The van der Waals surface area contributed by atoms with E-state index in [1.807, 2.05) is 60.7 Å². The average molecular weight is 793 g/mol. The van der Waals surface area contributed by atoms with Crippen LogP contribution in [0.2, 0.25) is 0 Å². The first-order valence-corrected chi connectivity index (χ1v) is 20.1. The van der Waals surface area contributed by atoms with Crippen LogP contribution < -0.4 is 5.32 Å². The van der Waals surface area contributed by atoms with Crippen LogP contribution in [0.5, 0.6) is 5.75 Å². The van der Waals surface area contributed by atoms with Gasteiger partial charge in [0.2, 0.25) is 11.8 Å². The summed E-state index contributed by atoms with van der Waals surface area (Å²) in [7, 11) is 0. The summed E-state index contributed by atoms with van der Waals surface area (Å²) in [6, 6.07) is 20.7. The first kappa shape index (κ1) is 40.9. The van der Waals surface area contributed by atoms with Gasteiger partial charge in [-0.3, -0.25) is 14.4 Å². The molecule has 5 unspecified atom stereocenters. The molecule has 1 spiro atoms. The molecule has 4 aliphatic rings. The second kappa shape index (κ2) is 17.3. The van der Waals surface area contributed by atoms with Gasteiger partial charge in [-0.25, -0.2) is 4.79 Å². The van der Waals surface area contributed by atoms with E-state index in [9.17, 15) is 29.4 Å². The van der Waals surface area contributed by atoms with Gasteiger partial charge in [-0.15, -0.1) is 0 Å². The number of ether oxygens (including phenoxy) is 4. The molecule has 2 fully saturated rings. The van der Waals surface area contributed by atoms with Gasteiger partial charge in [-0.05, 0) is 86.9 Å². The minimum atomic E-state index is -0.989. The molecule has 2 aliphatic heterocycles.